The predicted octanol–water partition coefficient (Wildman–Crippen LogP) is 1.93. The molecular weight excluding hydrogens is 336 g/mol. The average Bonchev–Trinajstić information content (AvgIpc) is 2.61. The Morgan fingerprint density at radius 2 is 1.72 bits per heavy atom. The Morgan fingerprint density at radius 3 is 2.24 bits per heavy atom. The molecule has 0 aliphatic rings. The maximum absolute atomic E-state index is 11.7. The Morgan fingerprint density at radius 1 is 1.12 bits per heavy atom. The van der Waals surface area contributed by atoms with Crippen molar-refractivity contribution in [3.05, 3.63) is 35.4 Å². The van der Waals surface area contributed by atoms with Gasteiger partial charge in [-0.05, 0) is 30.9 Å². The second-order valence-corrected chi connectivity index (χ2v) is 8.44. The molecule has 0 saturated heterocycles. The Bertz CT molecular complexity index is 642. The van der Waals surface area contributed by atoms with Gasteiger partial charge in [0.25, 0.3) is 0 Å². The summed E-state index contributed by atoms with van der Waals surface area (Å²) in [6.45, 7) is 5.76. The number of nitrogens with zero attached hydrogens (tertiary/aromatic N) is 3. The molecule has 1 aromatic carbocycles. The van der Waals surface area contributed by atoms with Crippen molar-refractivity contribution in [3.63, 3.8) is 0 Å². The summed E-state index contributed by atoms with van der Waals surface area (Å²) in [6, 6.07) is 8.60. The molecule has 0 spiro atoms. The van der Waals surface area contributed by atoms with Crippen molar-refractivity contribution < 1.29 is 8.42 Å². The lowest BCUT2D eigenvalue weighted by Crippen LogP contribution is -2.40. The summed E-state index contributed by atoms with van der Waals surface area (Å²) in [6.07, 6.45) is 1.77. The summed E-state index contributed by atoms with van der Waals surface area (Å²) in [5.74, 6) is 0.943. The second kappa shape index (κ2) is 10.4. The predicted molar refractivity (Wildman–Crippen MR) is 105 cm³/mol. The maximum atomic E-state index is 11.7. The minimum atomic E-state index is -3.10. The molecule has 0 heterocycles. The van der Waals surface area contributed by atoms with E-state index in [2.05, 4.69) is 46.4 Å². The molecule has 0 saturated carbocycles. The highest BCUT2D eigenvalue weighted by molar-refractivity contribution is 7.89. The van der Waals surface area contributed by atoms with Gasteiger partial charge in [-0.3, -0.25) is 4.99 Å². The first-order valence-corrected chi connectivity index (χ1v) is 10.4. The van der Waals surface area contributed by atoms with E-state index in [9.17, 15) is 8.42 Å². The molecule has 0 atom stereocenters. The van der Waals surface area contributed by atoms with Crippen LogP contribution in [-0.4, -0.2) is 63.6 Å². The van der Waals surface area contributed by atoms with Crippen molar-refractivity contribution in [2.45, 2.75) is 33.2 Å². The van der Waals surface area contributed by atoms with Crippen LogP contribution in [0.4, 0.5) is 0 Å². The summed E-state index contributed by atoms with van der Waals surface area (Å²) in [4.78, 5) is 6.36. The van der Waals surface area contributed by atoms with Gasteiger partial charge in [0, 0.05) is 40.8 Å². The molecule has 0 unspecified atom stereocenters. The first-order valence-electron chi connectivity index (χ1n) is 8.77. The fourth-order valence-electron chi connectivity index (χ4n) is 2.48. The van der Waals surface area contributed by atoms with Gasteiger partial charge in [0.1, 0.15) is 0 Å². The summed E-state index contributed by atoms with van der Waals surface area (Å²) >= 11 is 0. The molecule has 0 bridgehead atoms. The smallest absolute Gasteiger partial charge is 0.213 e. The Labute approximate surface area is 153 Å². The third kappa shape index (κ3) is 7.04. The average molecular weight is 369 g/mol. The van der Waals surface area contributed by atoms with E-state index >= 15 is 0 Å². The second-order valence-electron chi connectivity index (χ2n) is 6.08. The highest BCUT2D eigenvalue weighted by atomic mass is 32.2. The van der Waals surface area contributed by atoms with E-state index in [4.69, 9.17) is 0 Å². The van der Waals surface area contributed by atoms with E-state index in [1.807, 2.05) is 7.05 Å². The normalized spacial score (nSPS) is 12.5. The van der Waals surface area contributed by atoms with Gasteiger partial charge >= 0.3 is 0 Å². The molecule has 25 heavy (non-hydrogen) atoms. The van der Waals surface area contributed by atoms with Crippen LogP contribution >= 0.6 is 0 Å². The van der Waals surface area contributed by atoms with Crippen LogP contribution in [-0.2, 0) is 23.0 Å². The van der Waals surface area contributed by atoms with Gasteiger partial charge in [-0.15, -0.1) is 0 Å². The summed E-state index contributed by atoms with van der Waals surface area (Å²) in [5.41, 5.74) is 2.57. The van der Waals surface area contributed by atoms with Gasteiger partial charge < -0.3 is 10.2 Å². The van der Waals surface area contributed by atoms with Crippen LogP contribution in [0.15, 0.2) is 29.3 Å². The Hall–Kier alpha value is -1.60. The molecule has 0 aromatic heterocycles. The van der Waals surface area contributed by atoms with Crippen molar-refractivity contribution in [3.8, 4) is 0 Å². The molecule has 0 fully saturated rings. The number of benzene rings is 1. The molecular formula is C18H32N4O2S. The van der Waals surface area contributed by atoms with E-state index in [-0.39, 0.29) is 5.75 Å². The zero-order valence-electron chi connectivity index (χ0n) is 16.1. The topological polar surface area (TPSA) is 65.0 Å². The monoisotopic (exact) mass is 368 g/mol. The van der Waals surface area contributed by atoms with E-state index in [0.29, 0.717) is 13.1 Å². The van der Waals surface area contributed by atoms with Crippen LogP contribution in [0.2, 0.25) is 0 Å². The number of aliphatic imine (C=N–C) groups is 1. The number of sulfonamides is 1. The van der Waals surface area contributed by atoms with Gasteiger partial charge in [0.05, 0.1) is 5.75 Å². The highest BCUT2D eigenvalue weighted by Crippen LogP contribution is 2.07. The van der Waals surface area contributed by atoms with E-state index in [1.165, 1.54) is 15.4 Å². The summed E-state index contributed by atoms with van der Waals surface area (Å²) < 4.78 is 24.8. The third-order valence-corrected chi connectivity index (χ3v) is 6.06. The summed E-state index contributed by atoms with van der Waals surface area (Å²) in [5, 5.41) is 3.29. The van der Waals surface area contributed by atoms with Crippen molar-refractivity contribution in [1.82, 2.24) is 14.5 Å². The number of nitrogens with one attached hydrogen (secondary N) is 1. The van der Waals surface area contributed by atoms with Gasteiger partial charge in [-0.2, -0.15) is 0 Å². The Kier molecular flexibility index (Phi) is 8.92. The van der Waals surface area contributed by atoms with Crippen molar-refractivity contribution in [1.29, 1.82) is 0 Å². The number of hydrogen-bond donors (Lipinski definition) is 1. The first kappa shape index (κ1) is 21.4. The van der Waals surface area contributed by atoms with E-state index in [0.717, 1.165) is 25.3 Å². The van der Waals surface area contributed by atoms with Crippen LogP contribution in [0.3, 0.4) is 0 Å². The molecule has 0 amide bonds. The van der Waals surface area contributed by atoms with Crippen LogP contribution in [0.25, 0.3) is 0 Å². The lowest BCUT2D eigenvalue weighted by molar-refractivity contribution is 0.450. The quantitative estimate of drug-likeness (QED) is 0.411. The number of hydrogen-bond acceptors (Lipinski definition) is 3. The molecule has 1 rings (SSSR count). The minimum absolute atomic E-state index is 0.137. The van der Waals surface area contributed by atoms with Gasteiger partial charge in [0.15, 0.2) is 5.96 Å². The number of aryl methyl sites for hydroxylation is 1. The van der Waals surface area contributed by atoms with Gasteiger partial charge in [0.2, 0.25) is 10.0 Å². The molecule has 0 aliphatic heterocycles. The maximum Gasteiger partial charge on any atom is 0.213 e. The van der Waals surface area contributed by atoms with Crippen molar-refractivity contribution >= 4 is 16.0 Å². The molecule has 0 aliphatic carbocycles. The van der Waals surface area contributed by atoms with Crippen molar-refractivity contribution in [2.75, 3.05) is 40.0 Å². The Balaban J connectivity index is 2.45. The molecule has 6 nitrogen and oxygen atoms in total. The molecule has 1 aromatic rings. The lowest BCUT2D eigenvalue weighted by Gasteiger charge is -2.23. The van der Waals surface area contributed by atoms with Crippen LogP contribution in [0, 0.1) is 0 Å². The van der Waals surface area contributed by atoms with Gasteiger partial charge in [-0.25, -0.2) is 12.7 Å². The fourth-order valence-corrected chi connectivity index (χ4v) is 3.32. The molecule has 7 heteroatoms. The van der Waals surface area contributed by atoms with E-state index in [1.54, 1.807) is 21.0 Å². The van der Waals surface area contributed by atoms with Crippen LogP contribution in [0.1, 0.15) is 31.4 Å². The van der Waals surface area contributed by atoms with Crippen LogP contribution < -0.4 is 5.32 Å². The van der Waals surface area contributed by atoms with Crippen molar-refractivity contribution in [2.24, 2.45) is 4.99 Å². The lowest BCUT2D eigenvalue weighted by atomic mass is 10.1. The summed E-state index contributed by atoms with van der Waals surface area (Å²) in [7, 11) is 2.28. The molecule has 142 valence electrons. The fraction of sp³-hybridized carbons (Fsp3) is 0.611. The zero-order valence-corrected chi connectivity index (χ0v) is 16.9. The molecule has 1 N–H and O–H groups in total. The largest absolute Gasteiger partial charge is 0.356 e. The van der Waals surface area contributed by atoms with Crippen LogP contribution in [0.5, 0.6) is 0 Å². The van der Waals surface area contributed by atoms with Gasteiger partial charge in [-0.1, -0.05) is 31.2 Å². The number of rotatable bonds is 9. The standard InChI is InChI=1S/C18H32N4O2S/c1-6-16-9-11-17(12-10-16)15-21(4)18(19-3)20-13-8-14-22(5)25(23,24)7-2/h9-12H,6-8,13-15H2,1-5H3,(H,19,20). The zero-order chi connectivity index (χ0) is 18.9. The highest BCUT2D eigenvalue weighted by Gasteiger charge is 2.14. The third-order valence-electron chi connectivity index (χ3n) is 4.20. The minimum Gasteiger partial charge on any atom is -0.356 e. The number of guanidine groups is 1. The first-order chi connectivity index (χ1) is 11.8. The molecule has 0 radical (unpaired) electrons. The SMILES string of the molecule is CCc1ccc(CN(C)C(=NC)NCCCN(C)S(=O)(=O)CC)cc1. The van der Waals surface area contributed by atoms with E-state index < -0.39 is 10.0 Å².